The van der Waals surface area contributed by atoms with Crippen LogP contribution in [-0.4, -0.2) is 22.1 Å². The topological polar surface area (TPSA) is 57.8 Å². The average Bonchev–Trinajstić information content (AvgIpc) is 2.95. The largest absolute Gasteiger partial charge is 0.349 e. The van der Waals surface area contributed by atoms with Crippen LogP contribution in [0.3, 0.4) is 0 Å². The Kier molecular flexibility index (Phi) is 3.95. The van der Waals surface area contributed by atoms with Gasteiger partial charge < -0.3 is 5.32 Å². The maximum absolute atomic E-state index is 12.4. The smallest absolute Gasteiger partial charge is 0.251 e. The lowest BCUT2D eigenvalue weighted by Crippen LogP contribution is -2.38. The molecule has 4 heteroatoms. The highest BCUT2D eigenvalue weighted by Crippen LogP contribution is 2.30. The monoisotopic (exact) mass is 285 g/mol. The quantitative estimate of drug-likeness (QED) is 0.906. The Hall–Kier alpha value is -1.84. The summed E-state index contributed by atoms with van der Waals surface area (Å²) in [5.74, 6) is 1.61. The van der Waals surface area contributed by atoms with Crippen LogP contribution in [0.4, 0.5) is 0 Å². The van der Waals surface area contributed by atoms with Gasteiger partial charge in [0.15, 0.2) is 0 Å². The van der Waals surface area contributed by atoms with Crippen LogP contribution < -0.4 is 5.32 Å². The van der Waals surface area contributed by atoms with E-state index in [0.717, 1.165) is 41.1 Å². The molecule has 0 saturated heterocycles. The fourth-order valence-corrected chi connectivity index (χ4v) is 3.28. The number of aromatic amines is 1. The van der Waals surface area contributed by atoms with Crippen molar-refractivity contribution < 1.29 is 4.79 Å². The van der Waals surface area contributed by atoms with Crippen molar-refractivity contribution in [3.8, 4) is 0 Å². The third kappa shape index (κ3) is 3.09. The van der Waals surface area contributed by atoms with Gasteiger partial charge in [-0.1, -0.05) is 13.8 Å². The highest BCUT2D eigenvalue weighted by atomic mass is 16.1. The molecule has 0 aliphatic heterocycles. The molecule has 21 heavy (non-hydrogen) atoms. The molecule has 4 nitrogen and oxygen atoms in total. The molecule has 0 spiro atoms. The number of nitrogens with one attached hydrogen (secondary N) is 2. The summed E-state index contributed by atoms with van der Waals surface area (Å²) < 4.78 is 0. The lowest BCUT2D eigenvalue weighted by molar-refractivity contribution is 0.0918. The van der Waals surface area contributed by atoms with Gasteiger partial charge in [0.1, 0.15) is 0 Å². The maximum atomic E-state index is 12.4. The van der Waals surface area contributed by atoms with E-state index in [-0.39, 0.29) is 5.91 Å². The van der Waals surface area contributed by atoms with Gasteiger partial charge in [-0.3, -0.25) is 9.89 Å². The molecule has 2 N–H and O–H groups in total. The van der Waals surface area contributed by atoms with Crippen LogP contribution >= 0.6 is 0 Å². The van der Waals surface area contributed by atoms with Gasteiger partial charge in [0, 0.05) is 17.0 Å². The summed E-state index contributed by atoms with van der Waals surface area (Å²) >= 11 is 0. The number of carbonyl (C=O) groups is 1. The molecule has 3 rings (SSSR count). The molecule has 0 bridgehead atoms. The van der Waals surface area contributed by atoms with Crippen LogP contribution in [0, 0.1) is 11.8 Å². The van der Waals surface area contributed by atoms with Gasteiger partial charge in [-0.25, -0.2) is 0 Å². The predicted molar refractivity (Wildman–Crippen MR) is 84.1 cm³/mol. The number of hydrogen-bond acceptors (Lipinski definition) is 2. The normalized spacial score (nSPS) is 22.6. The number of carbonyl (C=O) groups excluding carboxylic acids is 1. The predicted octanol–water partition coefficient (Wildman–Crippen LogP) is 3.51. The minimum atomic E-state index is 0.0334. The minimum Gasteiger partial charge on any atom is -0.349 e. The van der Waals surface area contributed by atoms with Crippen molar-refractivity contribution in [2.24, 2.45) is 11.8 Å². The second-order valence-corrected chi connectivity index (χ2v) is 6.50. The number of nitrogens with zero attached hydrogens (tertiary/aromatic N) is 1. The van der Waals surface area contributed by atoms with E-state index >= 15 is 0 Å². The van der Waals surface area contributed by atoms with E-state index in [1.807, 2.05) is 18.2 Å². The van der Waals surface area contributed by atoms with Crippen molar-refractivity contribution in [3.63, 3.8) is 0 Å². The van der Waals surface area contributed by atoms with Crippen molar-refractivity contribution in [1.82, 2.24) is 15.5 Å². The number of aromatic nitrogens is 2. The number of amides is 1. The molecule has 1 aliphatic rings. The van der Waals surface area contributed by atoms with Gasteiger partial charge >= 0.3 is 0 Å². The van der Waals surface area contributed by atoms with Crippen LogP contribution in [0.15, 0.2) is 24.4 Å². The molecule has 0 radical (unpaired) electrons. The number of benzene rings is 1. The van der Waals surface area contributed by atoms with Gasteiger partial charge in [0.05, 0.1) is 11.7 Å². The fourth-order valence-electron chi connectivity index (χ4n) is 3.28. The molecule has 1 fully saturated rings. The van der Waals surface area contributed by atoms with E-state index in [1.165, 1.54) is 12.8 Å². The molecule has 1 amide bonds. The maximum Gasteiger partial charge on any atom is 0.251 e. The van der Waals surface area contributed by atoms with Gasteiger partial charge in [0.2, 0.25) is 0 Å². The third-order valence-corrected chi connectivity index (χ3v) is 4.75. The van der Waals surface area contributed by atoms with Gasteiger partial charge in [0.25, 0.3) is 5.91 Å². The first-order valence-electron chi connectivity index (χ1n) is 7.87. The van der Waals surface area contributed by atoms with E-state index in [4.69, 9.17) is 0 Å². The summed E-state index contributed by atoms with van der Waals surface area (Å²) in [4.78, 5) is 12.4. The SMILES string of the molecule is CC(C)C1CCC(NC(=O)c2ccc3[nH]ncc3c2)CC1. The molecular formula is C17H23N3O. The average molecular weight is 285 g/mol. The van der Waals surface area contributed by atoms with E-state index in [9.17, 15) is 4.79 Å². The summed E-state index contributed by atoms with van der Waals surface area (Å²) in [6.07, 6.45) is 6.40. The van der Waals surface area contributed by atoms with E-state index < -0.39 is 0 Å². The Labute approximate surface area is 125 Å². The van der Waals surface area contributed by atoms with E-state index in [2.05, 4.69) is 29.4 Å². The fraction of sp³-hybridized carbons (Fsp3) is 0.529. The molecule has 1 aliphatic carbocycles. The van der Waals surface area contributed by atoms with Gasteiger partial charge in [-0.15, -0.1) is 0 Å². The highest BCUT2D eigenvalue weighted by Gasteiger charge is 2.24. The number of fused-ring (bicyclic) bond motifs is 1. The standard InChI is InChI=1S/C17H23N3O/c1-11(2)12-3-6-15(7-4-12)19-17(21)13-5-8-16-14(9-13)10-18-20-16/h5,8-12,15H,3-4,6-7H2,1-2H3,(H,18,20)(H,19,21). The van der Waals surface area contributed by atoms with Crippen LogP contribution in [0.2, 0.25) is 0 Å². The Morgan fingerprint density at radius 2 is 2.05 bits per heavy atom. The molecule has 1 heterocycles. The first-order chi connectivity index (χ1) is 10.1. The minimum absolute atomic E-state index is 0.0334. The van der Waals surface area contributed by atoms with E-state index in [1.54, 1.807) is 6.20 Å². The lowest BCUT2D eigenvalue weighted by atomic mass is 9.79. The molecule has 1 aromatic heterocycles. The highest BCUT2D eigenvalue weighted by molar-refractivity contribution is 5.97. The summed E-state index contributed by atoms with van der Waals surface area (Å²) in [5.41, 5.74) is 1.68. The van der Waals surface area contributed by atoms with Crippen molar-refractivity contribution >= 4 is 16.8 Å². The Morgan fingerprint density at radius 3 is 2.76 bits per heavy atom. The molecule has 0 unspecified atom stereocenters. The number of hydrogen-bond donors (Lipinski definition) is 2. The summed E-state index contributed by atoms with van der Waals surface area (Å²) in [6.45, 7) is 4.59. The second-order valence-electron chi connectivity index (χ2n) is 6.50. The van der Waals surface area contributed by atoms with Crippen LogP contribution in [0.5, 0.6) is 0 Å². The van der Waals surface area contributed by atoms with Crippen molar-refractivity contribution in [2.45, 2.75) is 45.6 Å². The van der Waals surface area contributed by atoms with Crippen molar-refractivity contribution in [2.75, 3.05) is 0 Å². The first-order valence-corrected chi connectivity index (χ1v) is 7.87. The molecule has 2 aromatic rings. The molecule has 0 atom stereocenters. The summed E-state index contributed by atoms with van der Waals surface area (Å²) in [6, 6.07) is 5.99. The van der Waals surface area contributed by atoms with Crippen LogP contribution in [0.1, 0.15) is 49.9 Å². The summed E-state index contributed by atoms with van der Waals surface area (Å²) in [5, 5.41) is 11.0. The molecule has 1 aromatic carbocycles. The molecule has 112 valence electrons. The Bertz CT molecular complexity index is 624. The second kappa shape index (κ2) is 5.88. The Balaban J connectivity index is 1.61. The van der Waals surface area contributed by atoms with Gasteiger partial charge in [-0.05, 0) is 55.7 Å². The number of H-pyrrole nitrogens is 1. The van der Waals surface area contributed by atoms with Crippen LogP contribution in [-0.2, 0) is 0 Å². The summed E-state index contributed by atoms with van der Waals surface area (Å²) in [7, 11) is 0. The van der Waals surface area contributed by atoms with Crippen molar-refractivity contribution in [1.29, 1.82) is 0 Å². The Morgan fingerprint density at radius 1 is 1.29 bits per heavy atom. The lowest BCUT2D eigenvalue weighted by Gasteiger charge is -2.31. The van der Waals surface area contributed by atoms with Gasteiger partial charge in [-0.2, -0.15) is 5.10 Å². The first kappa shape index (κ1) is 14.1. The molecular weight excluding hydrogens is 262 g/mol. The third-order valence-electron chi connectivity index (χ3n) is 4.75. The zero-order valence-electron chi connectivity index (χ0n) is 12.7. The van der Waals surface area contributed by atoms with Crippen molar-refractivity contribution in [3.05, 3.63) is 30.0 Å². The zero-order chi connectivity index (χ0) is 14.8. The van der Waals surface area contributed by atoms with E-state index in [0.29, 0.717) is 6.04 Å². The van der Waals surface area contributed by atoms with Crippen LogP contribution in [0.25, 0.3) is 10.9 Å². The number of rotatable bonds is 3. The molecule has 1 saturated carbocycles. The zero-order valence-corrected chi connectivity index (χ0v) is 12.7.